The number of likely N-dealkylation sites (tertiary alicyclic amines) is 1. The first-order chi connectivity index (χ1) is 15.7. The maximum atomic E-state index is 12.9. The molecule has 2 fully saturated rings. The molecule has 9 heteroatoms. The second kappa shape index (κ2) is 8.43. The van der Waals surface area contributed by atoms with Crippen LogP contribution in [0.15, 0.2) is 36.7 Å². The predicted octanol–water partition coefficient (Wildman–Crippen LogP) is 4.95. The van der Waals surface area contributed by atoms with Crippen molar-refractivity contribution in [1.29, 1.82) is 0 Å². The Morgan fingerprint density at radius 2 is 2.00 bits per heavy atom. The molecule has 0 bridgehead atoms. The number of methoxy groups -OCH3 is 1. The molecule has 5 rings (SSSR count). The quantitative estimate of drug-likeness (QED) is 0.504. The highest BCUT2D eigenvalue weighted by molar-refractivity contribution is 7.18. The van der Waals surface area contributed by atoms with E-state index in [4.69, 9.17) is 4.74 Å². The fourth-order valence-electron chi connectivity index (χ4n) is 5.20. The molecule has 1 atom stereocenters. The molecular formula is C24H27F3N4OS. The third kappa shape index (κ3) is 4.66. The molecule has 0 radical (unpaired) electrons. The molecule has 0 amide bonds. The smallest absolute Gasteiger partial charge is 0.393 e. The normalized spacial score (nSPS) is 19.2. The van der Waals surface area contributed by atoms with Crippen LogP contribution in [0.25, 0.3) is 10.2 Å². The Balaban J connectivity index is 1.24. The van der Waals surface area contributed by atoms with Crippen LogP contribution in [0, 0.1) is 5.41 Å². The molecule has 0 N–H and O–H groups in total. The topological polar surface area (TPSA) is 41.5 Å². The number of rotatable bonds is 6. The van der Waals surface area contributed by atoms with E-state index >= 15 is 0 Å². The molecule has 176 valence electrons. The van der Waals surface area contributed by atoms with Crippen LogP contribution in [0.2, 0.25) is 0 Å². The molecule has 0 aliphatic carbocycles. The minimum absolute atomic E-state index is 0.227. The van der Waals surface area contributed by atoms with E-state index in [1.54, 1.807) is 13.2 Å². The van der Waals surface area contributed by atoms with Crippen LogP contribution in [0.3, 0.4) is 0 Å². The van der Waals surface area contributed by atoms with E-state index in [-0.39, 0.29) is 10.3 Å². The van der Waals surface area contributed by atoms with E-state index < -0.39 is 12.6 Å². The summed E-state index contributed by atoms with van der Waals surface area (Å²) in [4.78, 5) is 14.3. The van der Waals surface area contributed by atoms with Crippen LogP contribution < -0.4 is 9.64 Å². The number of nitrogens with zero attached hydrogens (tertiary/aromatic N) is 4. The summed E-state index contributed by atoms with van der Waals surface area (Å²) in [6.45, 7) is 6.08. The number of thiophene rings is 1. The molecule has 1 spiro atoms. The summed E-state index contributed by atoms with van der Waals surface area (Å²) >= 11 is 1.11. The van der Waals surface area contributed by atoms with Crippen molar-refractivity contribution in [3.63, 3.8) is 0 Å². The third-order valence-corrected chi connectivity index (χ3v) is 7.88. The highest BCUT2D eigenvalue weighted by Gasteiger charge is 2.49. The molecular weight excluding hydrogens is 449 g/mol. The largest absolute Gasteiger partial charge is 0.497 e. The maximum Gasteiger partial charge on any atom is 0.393 e. The summed E-state index contributed by atoms with van der Waals surface area (Å²) in [6, 6.07) is 10.3. The van der Waals surface area contributed by atoms with Crippen molar-refractivity contribution >= 4 is 27.4 Å². The van der Waals surface area contributed by atoms with Crippen LogP contribution >= 0.6 is 11.3 Å². The second-order valence-electron chi connectivity index (χ2n) is 9.40. The summed E-state index contributed by atoms with van der Waals surface area (Å²) < 4.78 is 43.9. The van der Waals surface area contributed by atoms with Crippen LogP contribution in [0.5, 0.6) is 5.75 Å². The Morgan fingerprint density at radius 3 is 2.76 bits per heavy atom. The Morgan fingerprint density at radius 1 is 1.18 bits per heavy atom. The fourth-order valence-corrected chi connectivity index (χ4v) is 6.22. The van der Waals surface area contributed by atoms with E-state index in [0.29, 0.717) is 10.9 Å². The lowest BCUT2D eigenvalue weighted by Crippen LogP contribution is -2.60. The number of alkyl halides is 3. The SMILES string of the molecule is COc1cccc(CC(C)N2CC3(CCN(c4ncnc5sc(CC(F)(F)F)cc45)C3)C2)c1. The standard InChI is InChI=1S/C24H27F3N4OS/c1-16(8-17-4-3-5-18(9-17)32-2)31-13-23(14-31)6-7-30(12-23)21-20-10-19(11-24(25,26)27)33-22(20)29-15-28-21/h3-5,9-10,15-16H,6-8,11-14H2,1-2H3. The van der Waals surface area contributed by atoms with E-state index in [9.17, 15) is 13.2 Å². The van der Waals surface area contributed by atoms with Gasteiger partial charge in [0.05, 0.1) is 18.9 Å². The zero-order chi connectivity index (χ0) is 23.2. The first kappa shape index (κ1) is 22.4. The minimum Gasteiger partial charge on any atom is -0.497 e. The number of ether oxygens (including phenoxy) is 1. The first-order valence-electron chi connectivity index (χ1n) is 11.2. The molecule has 2 aliphatic heterocycles. The van der Waals surface area contributed by atoms with Gasteiger partial charge in [0.1, 0.15) is 22.7 Å². The Bertz CT molecular complexity index is 1140. The van der Waals surface area contributed by atoms with Gasteiger partial charge in [-0.3, -0.25) is 4.90 Å². The van der Waals surface area contributed by atoms with Gasteiger partial charge in [-0.2, -0.15) is 13.2 Å². The van der Waals surface area contributed by atoms with Gasteiger partial charge in [0, 0.05) is 42.5 Å². The summed E-state index contributed by atoms with van der Waals surface area (Å²) in [5.74, 6) is 1.65. The van der Waals surface area contributed by atoms with Gasteiger partial charge in [0.2, 0.25) is 0 Å². The van der Waals surface area contributed by atoms with Crippen molar-refractivity contribution in [3.8, 4) is 5.75 Å². The third-order valence-electron chi connectivity index (χ3n) is 6.84. The number of benzene rings is 1. The van der Waals surface area contributed by atoms with Gasteiger partial charge >= 0.3 is 6.18 Å². The number of anilines is 1. The molecule has 2 aliphatic rings. The lowest BCUT2D eigenvalue weighted by Gasteiger charge is -2.51. The van der Waals surface area contributed by atoms with E-state index in [2.05, 4.69) is 38.8 Å². The summed E-state index contributed by atoms with van der Waals surface area (Å²) in [5.41, 5.74) is 1.50. The van der Waals surface area contributed by atoms with Crippen molar-refractivity contribution in [2.45, 2.75) is 38.4 Å². The van der Waals surface area contributed by atoms with Crippen LogP contribution in [0.1, 0.15) is 23.8 Å². The van der Waals surface area contributed by atoms with Crippen molar-refractivity contribution < 1.29 is 17.9 Å². The average Bonchev–Trinajstić information content (AvgIpc) is 3.35. The van der Waals surface area contributed by atoms with Crippen molar-refractivity contribution in [2.75, 3.05) is 38.2 Å². The molecule has 5 nitrogen and oxygen atoms in total. The van der Waals surface area contributed by atoms with Crippen LogP contribution in [-0.2, 0) is 12.8 Å². The van der Waals surface area contributed by atoms with Crippen molar-refractivity contribution in [3.05, 3.63) is 47.1 Å². The first-order valence-corrected chi connectivity index (χ1v) is 12.0. The Hall–Kier alpha value is -2.39. The minimum atomic E-state index is -4.22. The molecule has 2 saturated heterocycles. The predicted molar refractivity (Wildman–Crippen MR) is 124 cm³/mol. The lowest BCUT2D eigenvalue weighted by atomic mass is 9.78. The van der Waals surface area contributed by atoms with Crippen molar-refractivity contribution in [1.82, 2.24) is 14.9 Å². The molecule has 0 saturated carbocycles. The van der Waals surface area contributed by atoms with Gasteiger partial charge in [-0.25, -0.2) is 9.97 Å². The van der Waals surface area contributed by atoms with Gasteiger partial charge in [0.25, 0.3) is 0 Å². The van der Waals surface area contributed by atoms with Gasteiger partial charge < -0.3 is 9.64 Å². The molecule has 2 aromatic heterocycles. The zero-order valence-electron chi connectivity index (χ0n) is 18.7. The monoisotopic (exact) mass is 476 g/mol. The van der Waals surface area contributed by atoms with Gasteiger partial charge in [-0.15, -0.1) is 11.3 Å². The number of hydrogen-bond donors (Lipinski definition) is 0. The highest BCUT2D eigenvalue weighted by Crippen LogP contribution is 2.43. The molecule has 1 unspecified atom stereocenters. The number of fused-ring (bicyclic) bond motifs is 1. The number of halogens is 3. The van der Waals surface area contributed by atoms with E-state index in [1.807, 2.05) is 12.1 Å². The van der Waals surface area contributed by atoms with E-state index in [1.165, 1.54) is 11.9 Å². The van der Waals surface area contributed by atoms with Gasteiger partial charge in [0.15, 0.2) is 0 Å². The van der Waals surface area contributed by atoms with E-state index in [0.717, 1.165) is 67.3 Å². The molecule has 1 aromatic carbocycles. The van der Waals surface area contributed by atoms with Gasteiger partial charge in [-0.05, 0) is 43.5 Å². The number of aromatic nitrogens is 2. The van der Waals surface area contributed by atoms with Gasteiger partial charge in [-0.1, -0.05) is 12.1 Å². The summed E-state index contributed by atoms with van der Waals surface area (Å²) in [5, 5.41) is 0.737. The van der Waals surface area contributed by atoms with Crippen LogP contribution in [0.4, 0.5) is 19.0 Å². The van der Waals surface area contributed by atoms with Crippen molar-refractivity contribution in [2.24, 2.45) is 5.41 Å². The zero-order valence-corrected chi connectivity index (χ0v) is 19.5. The Kier molecular flexibility index (Phi) is 5.73. The number of hydrogen-bond acceptors (Lipinski definition) is 6. The van der Waals surface area contributed by atoms with Crippen LogP contribution in [-0.4, -0.2) is 60.4 Å². The summed E-state index contributed by atoms with van der Waals surface area (Å²) in [7, 11) is 1.69. The molecule has 33 heavy (non-hydrogen) atoms. The lowest BCUT2D eigenvalue weighted by molar-refractivity contribution is -0.126. The highest BCUT2D eigenvalue weighted by atomic mass is 32.1. The average molecular weight is 477 g/mol. The molecule has 3 aromatic rings. The summed E-state index contributed by atoms with van der Waals surface area (Å²) in [6.07, 6.45) is -1.62. The Labute approximate surface area is 195 Å². The maximum absolute atomic E-state index is 12.9. The second-order valence-corrected chi connectivity index (χ2v) is 10.5. The fraction of sp³-hybridized carbons (Fsp3) is 0.500. The molecule has 4 heterocycles.